The maximum Gasteiger partial charge on any atom is 0.172 e. The van der Waals surface area contributed by atoms with Gasteiger partial charge in [-0.25, -0.2) is 0 Å². The number of ether oxygens (including phenoxy) is 1. The van der Waals surface area contributed by atoms with E-state index in [0.717, 1.165) is 5.56 Å². The predicted molar refractivity (Wildman–Crippen MR) is 74.9 cm³/mol. The Balaban J connectivity index is 2.76. The van der Waals surface area contributed by atoms with Crippen molar-refractivity contribution < 1.29 is 14.9 Å². The number of aromatic hydroxyl groups is 1. The Hall–Kier alpha value is -0.780. The molecule has 0 saturated heterocycles. The molecule has 4 nitrogen and oxygen atoms in total. The summed E-state index contributed by atoms with van der Waals surface area (Å²) in [7, 11) is 1.52. The van der Waals surface area contributed by atoms with Gasteiger partial charge in [-0.3, -0.25) is 0 Å². The van der Waals surface area contributed by atoms with Gasteiger partial charge in [-0.15, -0.1) is 0 Å². The van der Waals surface area contributed by atoms with Gasteiger partial charge in [0.05, 0.1) is 18.2 Å². The van der Waals surface area contributed by atoms with Gasteiger partial charge in [0.25, 0.3) is 0 Å². The van der Waals surface area contributed by atoms with Gasteiger partial charge in [0.15, 0.2) is 11.5 Å². The number of phenolic OH excluding ortho intramolecular Hbond substituents is 1. The van der Waals surface area contributed by atoms with Crippen molar-refractivity contribution in [3.05, 3.63) is 22.2 Å². The molecule has 1 unspecified atom stereocenters. The Morgan fingerprint density at radius 3 is 2.56 bits per heavy atom. The zero-order valence-corrected chi connectivity index (χ0v) is 12.5. The normalized spacial score (nSPS) is 12.8. The average molecular weight is 318 g/mol. The lowest BCUT2D eigenvalue weighted by Crippen LogP contribution is -2.36. The Morgan fingerprint density at radius 2 is 2.06 bits per heavy atom. The third kappa shape index (κ3) is 3.86. The van der Waals surface area contributed by atoms with Crippen molar-refractivity contribution in [1.29, 1.82) is 0 Å². The van der Waals surface area contributed by atoms with Crippen molar-refractivity contribution >= 4 is 15.9 Å². The summed E-state index contributed by atoms with van der Waals surface area (Å²) in [6, 6.07) is 3.67. The van der Waals surface area contributed by atoms with Crippen LogP contribution in [0.25, 0.3) is 0 Å². The fraction of sp³-hybridized carbons (Fsp3) is 0.538. The largest absolute Gasteiger partial charge is 0.503 e. The highest BCUT2D eigenvalue weighted by molar-refractivity contribution is 9.10. The molecule has 1 atom stereocenters. The quantitative estimate of drug-likeness (QED) is 0.753. The van der Waals surface area contributed by atoms with Gasteiger partial charge in [-0.05, 0) is 39.5 Å². The van der Waals surface area contributed by atoms with Gasteiger partial charge >= 0.3 is 0 Å². The minimum atomic E-state index is 0.0589. The molecule has 0 heterocycles. The van der Waals surface area contributed by atoms with Crippen LogP contribution in [0.2, 0.25) is 0 Å². The summed E-state index contributed by atoms with van der Waals surface area (Å²) in [5.41, 5.74) is 0.982. The number of benzene rings is 1. The van der Waals surface area contributed by atoms with E-state index >= 15 is 0 Å². The average Bonchev–Trinajstić information content (AvgIpc) is 2.33. The molecule has 102 valence electrons. The molecule has 5 heteroatoms. The van der Waals surface area contributed by atoms with Crippen LogP contribution >= 0.6 is 15.9 Å². The van der Waals surface area contributed by atoms with Crippen LogP contribution < -0.4 is 10.1 Å². The molecule has 0 radical (unpaired) electrons. The number of hydrogen-bond acceptors (Lipinski definition) is 4. The number of aliphatic hydroxyl groups is 1. The number of methoxy groups -OCH3 is 1. The fourth-order valence-corrected chi connectivity index (χ4v) is 2.13. The molecule has 18 heavy (non-hydrogen) atoms. The SMILES string of the molecule is COc1cc(CNC(CO)C(C)C)cc(Br)c1O. The number of halogens is 1. The highest BCUT2D eigenvalue weighted by Gasteiger charge is 2.13. The fourth-order valence-electron chi connectivity index (χ4n) is 1.64. The van der Waals surface area contributed by atoms with E-state index in [1.54, 1.807) is 6.07 Å². The van der Waals surface area contributed by atoms with Crippen molar-refractivity contribution in [1.82, 2.24) is 5.32 Å². The summed E-state index contributed by atoms with van der Waals surface area (Å²) in [6.45, 7) is 4.83. The molecule has 0 aliphatic heterocycles. The molecule has 1 aromatic carbocycles. The van der Waals surface area contributed by atoms with E-state index in [4.69, 9.17) is 4.74 Å². The van der Waals surface area contributed by atoms with E-state index in [1.165, 1.54) is 7.11 Å². The first-order chi connectivity index (χ1) is 8.49. The van der Waals surface area contributed by atoms with Crippen molar-refractivity contribution in [3.8, 4) is 11.5 Å². The van der Waals surface area contributed by atoms with Crippen molar-refractivity contribution in [2.24, 2.45) is 5.92 Å². The van der Waals surface area contributed by atoms with Crippen molar-refractivity contribution in [2.45, 2.75) is 26.4 Å². The summed E-state index contributed by atoms with van der Waals surface area (Å²) in [6.07, 6.45) is 0. The van der Waals surface area contributed by atoms with Crippen LogP contribution in [0.3, 0.4) is 0 Å². The lowest BCUT2D eigenvalue weighted by atomic mass is 10.0. The molecule has 0 aliphatic carbocycles. The molecule has 0 aliphatic rings. The number of nitrogens with one attached hydrogen (secondary N) is 1. The van der Waals surface area contributed by atoms with Crippen LogP contribution in [-0.4, -0.2) is 30.0 Å². The first kappa shape index (κ1) is 15.3. The third-order valence-corrected chi connectivity index (χ3v) is 3.48. The van der Waals surface area contributed by atoms with Gasteiger partial charge in [0, 0.05) is 12.6 Å². The topological polar surface area (TPSA) is 61.7 Å². The first-order valence-electron chi connectivity index (χ1n) is 5.89. The zero-order valence-electron chi connectivity index (χ0n) is 10.9. The standard InChI is InChI=1S/C13H20BrNO3/c1-8(2)11(7-16)15-6-9-4-10(14)13(17)12(5-9)18-3/h4-5,8,11,15-17H,6-7H2,1-3H3. The van der Waals surface area contributed by atoms with Crippen molar-refractivity contribution in [2.75, 3.05) is 13.7 Å². The van der Waals surface area contributed by atoms with Crippen LogP contribution in [-0.2, 0) is 6.54 Å². The first-order valence-corrected chi connectivity index (χ1v) is 6.68. The van der Waals surface area contributed by atoms with Crippen LogP contribution in [0.5, 0.6) is 11.5 Å². The molecule has 0 spiro atoms. The minimum Gasteiger partial charge on any atom is -0.503 e. The molecular formula is C13H20BrNO3. The molecule has 0 amide bonds. The smallest absolute Gasteiger partial charge is 0.172 e. The zero-order chi connectivity index (χ0) is 13.7. The molecule has 1 aromatic rings. The van der Waals surface area contributed by atoms with Crippen LogP contribution in [0.1, 0.15) is 19.4 Å². The molecule has 0 fully saturated rings. The van der Waals surface area contributed by atoms with Crippen LogP contribution in [0.4, 0.5) is 0 Å². The highest BCUT2D eigenvalue weighted by atomic mass is 79.9. The van der Waals surface area contributed by atoms with Gasteiger partial charge in [0.2, 0.25) is 0 Å². The minimum absolute atomic E-state index is 0.0589. The number of rotatable bonds is 6. The summed E-state index contributed by atoms with van der Waals surface area (Å²) in [4.78, 5) is 0. The van der Waals surface area contributed by atoms with Gasteiger partial charge in [0.1, 0.15) is 0 Å². The van der Waals surface area contributed by atoms with E-state index in [9.17, 15) is 10.2 Å². The Bertz CT molecular complexity index is 396. The van der Waals surface area contributed by atoms with Gasteiger partial charge in [-0.2, -0.15) is 0 Å². The van der Waals surface area contributed by atoms with Crippen LogP contribution in [0, 0.1) is 5.92 Å². The summed E-state index contributed by atoms with van der Waals surface area (Å²) in [5.74, 6) is 0.896. The third-order valence-electron chi connectivity index (χ3n) is 2.88. The summed E-state index contributed by atoms with van der Waals surface area (Å²) in [5, 5.41) is 22.2. The molecule has 0 aromatic heterocycles. The number of aliphatic hydroxyl groups excluding tert-OH is 1. The second kappa shape index (κ2) is 6.97. The monoisotopic (exact) mass is 317 g/mol. The Kier molecular flexibility index (Phi) is 5.91. The molecule has 0 saturated carbocycles. The molecular weight excluding hydrogens is 298 g/mol. The number of hydrogen-bond donors (Lipinski definition) is 3. The summed E-state index contributed by atoms with van der Waals surface area (Å²) < 4.78 is 5.69. The lowest BCUT2D eigenvalue weighted by molar-refractivity contribution is 0.210. The Morgan fingerprint density at radius 1 is 1.39 bits per heavy atom. The second-order valence-corrected chi connectivity index (χ2v) is 5.40. The van der Waals surface area contributed by atoms with E-state index in [-0.39, 0.29) is 18.4 Å². The van der Waals surface area contributed by atoms with Crippen LogP contribution in [0.15, 0.2) is 16.6 Å². The molecule has 0 bridgehead atoms. The van der Waals surface area contributed by atoms with E-state index < -0.39 is 0 Å². The summed E-state index contributed by atoms with van der Waals surface area (Å²) >= 11 is 3.28. The van der Waals surface area contributed by atoms with Gasteiger partial charge in [-0.1, -0.05) is 13.8 Å². The highest BCUT2D eigenvalue weighted by Crippen LogP contribution is 2.35. The van der Waals surface area contributed by atoms with Crippen molar-refractivity contribution in [3.63, 3.8) is 0 Å². The molecule has 3 N–H and O–H groups in total. The molecule has 1 rings (SSSR count). The Labute approximate surface area is 116 Å². The maximum atomic E-state index is 9.70. The van der Waals surface area contributed by atoms with E-state index in [2.05, 4.69) is 35.1 Å². The number of phenols is 1. The van der Waals surface area contributed by atoms with Gasteiger partial charge < -0.3 is 20.3 Å². The van der Waals surface area contributed by atoms with E-state index in [1.807, 2.05) is 6.07 Å². The predicted octanol–water partition coefficient (Wildman–Crippen LogP) is 2.27. The second-order valence-electron chi connectivity index (χ2n) is 4.54. The lowest BCUT2D eigenvalue weighted by Gasteiger charge is -2.20. The maximum absolute atomic E-state index is 9.70. The van der Waals surface area contributed by atoms with E-state index in [0.29, 0.717) is 22.7 Å².